The predicted octanol–water partition coefficient (Wildman–Crippen LogP) is 1.93. The van der Waals surface area contributed by atoms with E-state index in [4.69, 9.17) is 9.15 Å². The molecule has 0 fully saturated rings. The molecule has 0 saturated carbocycles. The van der Waals surface area contributed by atoms with Crippen molar-refractivity contribution in [3.8, 4) is 0 Å². The zero-order valence-corrected chi connectivity index (χ0v) is 8.30. The van der Waals surface area contributed by atoms with Gasteiger partial charge in [-0.3, -0.25) is 0 Å². The molecule has 0 aromatic carbocycles. The lowest BCUT2D eigenvalue weighted by atomic mass is 10.2. The molecule has 0 aliphatic heterocycles. The highest BCUT2D eigenvalue weighted by Crippen LogP contribution is 2.11. The fourth-order valence-electron chi connectivity index (χ4n) is 1.15. The molecule has 1 aromatic rings. The highest BCUT2D eigenvalue weighted by atomic mass is 16.5. The molecule has 1 N–H and O–H groups in total. The van der Waals surface area contributed by atoms with Gasteiger partial charge in [0.1, 0.15) is 12.4 Å². The second-order valence-electron chi connectivity index (χ2n) is 2.95. The minimum Gasteiger partial charge on any atom is -0.467 e. The summed E-state index contributed by atoms with van der Waals surface area (Å²) in [7, 11) is 1.92. The first-order valence-electron chi connectivity index (χ1n) is 4.66. The standard InChI is InChI=1S/C10H17NO2/c1-3-5-12-8-10-9(7-11-2)4-6-13-10/h4,6,11H,3,5,7-8H2,1-2H3. The van der Waals surface area contributed by atoms with Gasteiger partial charge in [0.25, 0.3) is 0 Å². The Morgan fingerprint density at radius 3 is 3.08 bits per heavy atom. The third-order valence-corrected chi connectivity index (χ3v) is 1.79. The molecule has 3 heteroatoms. The summed E-state index contributed by atoms with van der Waals surface area (Å²) < 4.78 is 10.7. The van der Waals surface area contributed by atoms with E-state index in [0.29, 0.717) is 6.61 Å². The highest BCUT2D eigenvalue weighted by molar-refractivity contribution is 5.15. The summed E-state index contributed by atoms with van der Waals surface area (Å²) in [5.41, 5.74) is 1.18. The Hall–Kier alpha value is -0.800. The molecule has 0 saturated heterocycles. The fraction of sp³-hybridized carbons (Fsp3) is 0.600. The lowest BCUT2D eigenvalue weighted by Gasteiger charge is -2.02. The summed E-state index contributed by atoms with van der Waals surface area (Å²) in [6.07, 6.45) is 2.75. The lowest BCUT2D eigenvalue weighted by molar-refractivity contribution is 0.106. The molecule has 0 radical (unpaired) electrons. The van der Waals surface area contributed by atoms with E-state index in [1.807, 2.05) is 13.1 Å². The van der Waals surface area contributed by atoms with Gasteiger partial charge in [0.15, 0.2) is 0 Å². The zero-order chi connectivity index (χ0) is 9.52. The fourth-order valence-corrected chi connectivity index (χ4v) is 1.15. The maximum atomic E-state index is 5.39. The van der Waals surface area contributed by atoms with Crippen LogP contribution < -0.4 is 5.32 Å². The van der Waals surface area contributed by atoms with Gasteiger partial charge in [0.2, 0.25) is 0 Å². The molecule has 13 heavy (non-hydrogen) atoms. The average molecular weight is 183 g/mol. The molecule has 1 aromatic heterocycles. The maximum Gasteiger partial charge on any atom is 0.133 e. The Morgan fingerprint density at radius 1 is 1.54 bits per heavy atom. The number of ether oxygens (including phenoxy) is 1. The largest absolute Gasteiger partial charge is 0.467 e. The third-order valence-electron chi connectivity index (χ3n) is 1.79. The number of hydrogen-bond donors (Lipinski definition) is 1. The summed E-state index contributed by atoms with van der Waals surface area (Å²) >= 11 is 0. The van der Waals surface area contributed by atoms with Crippen LogP contribution in [0.4, 0.5) is 0 Å². The van der Waals surface area contributed by atoms with Crippen LogP contribution in [0.25, 0.3) is 0 Å². The highest BCUT2D eigenvalue weighted by Gasteiger charge is 2.04. The van der Waals surface area contributed by atoms with Crippen LogP contribution in [0.15, 0.2) is 16.7 Å². The summed E-state index contributed by atoms with van der Waals surface area (Å²) in [5.74, 6) is 0.933. The zero-order valence-electron chi connectivity index (χ0n) is 8.30. The van der Waals surface area contributed by atoms with Gasteiger partial charge in [0, 0.05) is 18.7 Å². The van der Waals surface area contributed by atoms with Crippen molar-refractivity contribution in [1.29, 1.82) is 0 Å². The first-order valence-corrected chi connectivity index (χ1v) is 4.66. The van der Waals surface area contributed by atoms with Gasteiger partial charge in [-0.25, -0.2) is 0 Å². The van der Waals surface area contributed by atoms with Crippen LogP contribution in [-0.2, 0) is 17.9 Å². The van der Waals surface area contributed by atoms with Crippen molar-refractivity contribution in [3.05, 3.63) is 23.7 Å². The van der Waals surface area contributed by atoms with Crippen LogP contribution in [0.5, 0.6) is 0 Å². The van der Waals surface area contributed by atoms with Gasteiger partial charge in [-0.1, -0.05) is 6.92 Å². The van der Waals surface area contributed by atoms with Crippen molar-refractivity contribution in [2.75, 3.05) is 13.7 Å². The van der Waals surface area contributed by atoms with Gasteiger partial charge in [-0.05, 0) is 19.5 Å². The SMILES string of the molecule is CCCOCc1occc1CNC. The maximum absolute atomic E-state index is 5.39. The van der Waals surface area contributed by atoms with Gasteiger partial charge in [0.05, 0.1) is 6.26 Å². The number of hydrogen-bond acceptors (Lipinski definition) is 3. The average Bonchev–Trinajstić information content (AvgIpc) is 2.54. The Kier molecular flexibility index (Phi) is 4.57. The third kappa shape index (κ3) is 3.20. The van der Waals surface area contributed by atoms with Crippen molar-refractivity contribution < 1.29 is 9.15 Å². The molecule has 0 spiro atoms. The molecule has 0 atom stereocenters. The topological polar surface area (TPSA) is 34.4 Å². The molecular weight excluding hydrogens is 166 g/mol. The van der Waals surface area contributed by atoms with E-state index in [9.17, 15) is 0 Å². The Labute approximate surface area is 79.1 Å². The van der Waals surface area contributed by atoms with Crippen LogP contribution in [0.2, 0.25) is 0 Å². The predicted molar refractivity (Wildman–Crippen MR) is 51.4 cm³/mol. The minimum absolute atomic E-state index is 0.581. The molecule has 0 bridgehead atoms. The Balaban J connectivity index is 2.40. The van der Waals surface area contributed by atoms with E-state index in [1.165, 1.54) is 5.56 Å². The number of rotatable bonds is 6. The normalized spacial score (nSPS) is 10.6. The van der Waals surface area contributed by atoms with Crippen LogP contribution in [0.1, 0.15) is 24.7 Å². The Bertz CT molecular complexity index is 233. The first-order chi connectivity index (χ1) is 6.38. The van der Waals surface area contributed by atoms with Crippen LogP contribution >= 0.6 is 0 Å². The van der Waals surface area contributed by atoms with Crippen LogP contribution in [0.3, 0.4) is 0 Å². The molecule has 1 rings (SSSR count). The second-order valence-corrected chi connectivity index (χ2v) is 2.95. The quantitative estimate of drug-likeness (QED) is 0.684. The van der Waals surface area contributed by atoms with E-state index < -0.39 is 0 Å². The lowest BCUT2D eigenvalue weighted by Crippen LogP contribution is -2.06. The van der Waals surface area contributed by atoms with E-state index in [0.717, 1.165) is 25.3 Å². The van der Waals surface area contributed by atoms with Gasteiger partial charge in [-0.15, -0.1) is 0 Å². The van der Waals surface area contributed by atoms with Crippen molar-refractivity contribution in [2.45, 2.75) is 26.5 Å². The van der Waals surface area contributed by atoms with Crippen LogP contribution in [-0.4, -0.2) is 13.7 Å². The summed E-state index contributed by atoms with van der Waals surface area (Å²) in [4.78, 5) is 0. The summed E-state index contributed by atoms with van der Waals surface area (Å²) in [5, 5.41) is 3.09. The molecule has 0 aliphatic carbocycles. The van der Waals surface area contributed by atoms with Crippen molar-refractivity contribution in [1.82, 2.24) is 5.32 Å². The number of nitrogens with one attached hydrogen (secondary N) is 1. The van der Waals surface area contributed by atoms with E-state index in [2.05, 4.69) is 12.2 Å². The molecule has 0 unspecified atom stereocenters. The minimum atomic E-state index is 0.581. The van der Waals surface area contributed by atoms with Crippen molar-refractivity contribution in [3.63, 3.8) is 0 Å². The van der Waals surface area contributed by atoms with E-state index in [-0.39, 0.29) is 0 Å². The van der Waals surface area contributed by atoms with Gasteiger partial charge in [-0.2, -0.15) is 0 Å². The molecular formula is C10H17NO2. The van der Waals surface area contributed by atoms with E-state index in [1.54, 1.807) is 6.26 Å². The molecule has 0 aliphatic rings. The van der Waals surface area contributed by atoms with Crippen molar-refractivity contribution in [2.24, 2.45) is 0 Å². The van der Waals surface area contributed by atoms with E-state index >= 15 is 0 Å². The first kappa shape index (κ1) is 10.3. The molecule has 3 nitrogen and oxygen atoms in total. The summed E-state index contributed by atoms with van der Waals surface area (Å²) in [6.45, 7) is 4.30. The molecule has 0 amide bonds. The molecule has 1 heterocycles. The monoisotopic (exact) mass is 183 g/mol. The second kappa shape index (κ2) is 5.78. The van der Waals surface area contributed by atoms with Gasteiger partial charge < -0.3 is 14.5 Å². The van der Waals surface area contributed by atoms with Gasteiger partial charge >= 0.3 is 0 Å². The smallest absolute Gasteiger partial charge is 0.133 e. The molecule has 74 valence electrons. The number of furan rings is 1. The van der Waals surface area contributed by atoms with Crippen LogP contribution in [0, 0.1) is 0 Å². The Morgan fingerprint density at radius 2 is 2.38 bits per heavy atom. The summed E-state index contributed by atoms with van der Waals surface area (Å²) in [6, 6.07) is 1.97. The van der Waals surface area contributed by atoms with Crippen molar-refractivity contribution >= 4 is 0 Å².